The highest BCUT2D eigenvalue weighted by molar-refractivity contribution is 5.72. The van der Waals surface area contributed by atoms with E-state index in [0.29, 0.717) is 12.8 Å². The van der Waals surface area contributed by atoms with Gasteiger partial charge in [-0.15, -0.1) is 0 Å². The summed E-state index contributed by atoms with van der Waals surface area (Å²) in [6.07, 6.45) is 73.1. The number of hydrogen-bond acceptors (Lipinski definition) is 6. The van der Waals surface area contributed by atoms with E-state index in [1.54, 1.807) is 6.08 Å². The maximum absolute atomic E-state index is 12.8. The Kier molecular flexibility index (Phi) is 53.4. The first kappa shape index (κ1) is 64.6. The lowest BCUT2D eigenvalue weighted by Gasteiger charge is -2.18. The minimum absolute atomic E-state index is 0.110. The van der Waals surface area contributed by atoms with Crippen molar-refractivity contribution in [1.29, 1.82) is 0 Å². The van der Waals surface area contributed by atoms with E-state index in [4.69, 9.17) is 14.2 Å². The molecule has 68 heavy (non-hydrogen) atoms. The zero-order chi connectivity index (χ0) is 49.3. The second-order valence-electron chi connectivity index (χ2n) is 18.8. The molecule has 0 amide bonds. The smallest absolute Gasteiger partial charge is 0.309 e. The van der Waals surface area contributed by atoms with Crippen LogP contribution in [0.5, 0.6) is 0 Å². The third-order valence-electron chi connectivity index (χ3n) is 12.2. The Hall–Kier alpha value is -3.41. The van der Waals surface area contributed by atoms with E-state index in [1.165, 1.54) is 135 Å². The first-order valence-electron chi connectivity index (χ1n) is 28.6. The summed E-state index contributed by atoms with van der Waals surface area (Å²) in [5.41, 5.74) is 0. The Morgan fingerprint density at radius 2 is 0.632 bits per heavy atom. The molecule has 0 aliphatic heterocycles. The van der Waals surface area contributed by atoms with E-state index in [0.717, 1.165) is 96.3 Å². The summed E-state index contributed by atoms with van der Waals surface area (Å²) in [6, 6.07) is 0. The minimum atomic E-state index is -0.823. The van der Waals surface area contributed by atoms with Gasteiger partial charge in [0, 0.05) is 12.8 Å². The summed E-state index contributed by atoms with van der Waals surface area (Å²) in [7, 11) is 0. The molecule has 6 nitrogen and oxygen atoms in total. The number of allylic oxidation sites excluding steroid dienone is 13. The largest absolute Gasteiger partial charge is 0.462 e. The number of rotatable bonds is 51. The average molecular weight is 948 g/mol. The molecule has 390 valence electrons. The molecule has 1 unspecified atom stereocenters. The molecule has 0 aliphatic rings. The van der Waals surface area contributed by atoms with Crippen LogP contribution in [-0.2, 0) is 28.6 Å². The maximum atomic E-state index is 12.8. The van der Waals surface area contributed by atoms with Gasteiger partial charge in [0.25, 0.3) is 0 Å². The first-order valence-corrected chi connectivity index (χ1v) is 28.6. The van der Waals surface area contributed by atoms with Crippen molar-refractivity contribution in [3.05, 3.63) is 85.1 Å². The molecule has 1 atom stereocenters. The van der Waals surface area contributed by atoms with Gasteiger partial charge in [0.2, 0.25) is 0 Å². The summed E-state index contributed by atoms with van der Waals surface area (Å²) in [4.78, 5) is 38.1. The van der Waals surface area contributed by atoms with Crippen molar-refractivity contribution in [2.75, 3.05) is 13.2 Å². The van der Waals surface area contributed by atoms with Crippen molar-refractivity contribution in [2.45, 2.75) is 277 Å². The SMILES string of the molecule is CC/C=C\C/C=C\C/C=C\C/C=C\C/C=C\CC(=O)OCC(COC(=O)CCCCCCCCCCCCCCCCCCCCC)OC(=O)CCCCCCC/C=C\C/C=C\CCCCCC. The van der Waals surface area contributed by atoms with Gasteiger partial charge in [-0.2, -0.15) is 0 Å². The summed E-state index contributed by atoms with van der Waals surface area (Å²) in [5.74, 6) is -1.05. The molecule has 0 aromatic rings. The number of carbonyl (C=O) groups is 3. The molecule has 6 heteroatoms. The third-order valence-corrected chi connectivity index (χ3v) is 12.2. The Balaban J connectivity index is 4.47. The minimum Gasteiger partial charge on any atom is -0.462 e. The second kappa shape index (κ2) is 56.2. The lowest BCUT2D eigenvalue weighted by Crippen LogP contribution is -2.30. The Morgan fingerprint density at radius 3 is 1.04 bits per heavy atom. The summed E-state index contributed by atoms with van der Waals surface area (Å²) in [5, 5.41) is 0. The molecule has 0 rings (SSSR count). The van der Waals surface area contributed by atoms with E-state index in [2.05, 4.69) is 93.7 Å². The lowest BCUT2D eigenvalue weighted by atomic mass is 10.0. The van der Waals surface area contributed by atoms with E-state index in [1.807, 2.05) is 6.08 Å². The zero-order valence-corrected chi connectivity index (χ0v) is 44.6. The number of ether oxygens (including phenoxy) is 3. The standard InChI is InChI=1S/C62H106O6/c1-4-7-10-13-16-19-22-25-28-30-31-32-35-37-40-43-46-49-52-55-61(64)67-58-59(57-66-60(63)54-51-48-45-42-39-36-33-27-24-21-18-15-12-9-6-3)68-62(65)56-53-50-47-44-41-38-34-29-26-23-20-17-14-11-8-5-2/h9,12,18,20-21,23,27,29,33-34,39,42,48,51,59H,4-8,10-11,13-17,19,22,24-26,28,30-32,35-38,40-41,43-47,49-50,52-58H2,1-3H3/b12-9-,21-18-,23-20-,33-27-,34-29-,42-39-,51-48-. The van der Waals surface area contributed by atoms with Gasteiger partial charge < -0.3 is 14.2 Å². The van der Waals surface area contributed by atoms with Crippen molar-refractivity contribution in [3.8, 4) is 0 Å². The molecular weight excluding hydrogens is 841 g/mol. The topological polar surface area (TPSA) is 78.9 Å². The van der Waals surface area contributed by atoms with Crippen molar-refractivity contribution in [3.63, 3.8) is 0 Å². The van der Waals surface area contributed by atoms with E-state index in [9.17, 15) is 14.4 Å². The van der Waals surface area contributed by atoms with Gasteiger partial charge in [0.15, 0.2) is 6.10 Å². The summed E-state index contributed by atoms with van der Waals surface area (Å²) < 4.78 is 16.7. The van der Waals surface area contributed by atoms with E-state index in [-0.39, 0.29) is 31.6 Å². The van der Waals surface area contributed by atoms with Crippen LogP contribution in [0.3, 0.4) is 0 Å². The van der Waals surface area contributed by atoms with Crippen LogP contribution in [0, 0.1) is 0 Å². The molecular formula is C62H106O6. The molecule has 0 bridgehead atoms. The fraction of sp³-hybridized carbons (Fsp3) is 0.726. The van der Waals surface area contributed by atoms with E-state index < -0.39 is 12.1 Å². The Bertz CT molecular complexity index is 1320. The van der Waals surface area contributed by atoms with Crippen LogP contribution >= 0.6 is 0 Å². The van der Waals surface area contributed by atoms with E-state index >= 15 is 0 Å². The zero-order valence-electron chi connectivity index (χ0n) is 44.6. The van der Waals surface area contributed by atoms with Crippen LogP contribution in [0.1, 0.15) is 271 Å². The summed E-state index contributed by atoms with van der Waals surface area (Å²) >= 11 is 0. The van der Waals surface area contributed by atoms with Crippen LogP contribution in [0.2, 0.25) is 0 Å². The quantitative estimate of drug-likeness (QED) is 0.0262. The highest BCUT2D eigenvalue weighted by Gasteiger charge is 2.19. The number of unbranched alkanes of at least 4 members (excludes halogenated alkanes) is 27. The third kappa shape index (κ3) is 53.5. The van der Waals surface area contributed by atoms with Crippen LogP contribution in [0.4, 0.5) is 0 Å². The monoisotopic (exact) mass is 947 g/mol. The van der Waals surface area contributed by atoms with Gasteiger partial charge in [-0.3, -0.25) is 14.4 Å². The predicted octanol–water partition coefficient (Wildman–Crippen LogP) is 19.2. The Labute approximate surface area is 420 Å². The normalized spacial score (nSPS) is 12.7. The van der Waals surface area contributed by atoms with Crippen molar-refractivity contribution in [1.82, 2.24) is 0 Å². The van der Waals surface area contributed by atoms with Gasteiger partial charge in [-0.1, -0.05) is 260 Å². The van der Waals surface area contributed by atoms with Crippen molar-refractivity contribution in [2.24, 2.45) is 0 Å². The van der Waals surface area contributed by atoms with Gasteiger partial charge >= 0.3 is 17.9 Å². The second-order valence-corrected chi connectivity index (χ2v) is 18.8. The van der Waals surface area contributed by atoms with Gasteiger partial charge in [-0.05, 0) is 77.0 Å². The first-order chi connectivity index (χ1) is 33.5. The predicted molar refractivity (Wildman–Crippen MR) is 293 cm³/mol. The molecule has 0 aliphatic carbocycles. The fourth-order valence-corrected chi connectivity index (χ4v) is 7.90. The molecule has 0 radical (unpaired) electrons. The molecule has 0 saturated carbocycles. The van der Waals surface area contributed by atoms with Crippen LogP contribution < -0.4 is 0 Å². The van der Waals surface area contributed by atoms with Gasteiger partial charge in [-0.25, -0.2) is 0 Å². The molecule has 0 fully saturated rings. The summed E-state index contributed by atoms with van der Waals surface area (Å²) in [6.45, 7) is 6.43. The highest BCUT2D eigenvalue weighted by Crippen LogP contribution is 2.16. The lowest BCUT2D eigenvalue weighted by molar-refractivity contribution is -0.166. The fourth-order valence-electron chi connectivity index (χ4n) is 7.90. The molecule has 0 spiro atoms. The number of hydrogen-bond donors (Lipinski definition) is 0. The van der Waals surface area contributed by atoms with Crippen LogP contribution in [0.25, 0.3) is 0 Å². The van der Waals surface area contributed by atoms with Crippen molar-refractivity contribution >= 4 is 17.9 Å². The highest BCUT2D eigenvalue weighted by atomic mass is 16.6. The Morgan fingerprint density at radius 1 is 0.324 bits per heavy atom. The molecule has 0 N–H and O–H groups in total. The maximum Gasteiger partial charge on any atom is 0.309 e. The molecule has 0 aromatic carbocycles. The average Bonchev–Trinajstić information content (AvgIpc) is 3.34. The van der Waals surface area contributed by atoms with Gasteiger partial charge in [0.1, 0.15) is 13.2 Å². The van der Waals surface area contributed by atoms with Crippen molar-refractivity contribution < 1.29 is 28.6 Å². The molecule has 0 heterocycles. The van der Waals surface area contributed by atoms with Gasteiger partial charge in [0.05, 0.1) is 6.42 Å². The molecule has 0 aromatic heterocycles. The molecule has 0 saturated heterocycles. The number of esters is 3. The number of carbonyl (C=O) groups excluding carboxylic acids is 3. The van der Waals surface area contributed by atoms with Crippen LogP contribution in [-0.4, -0.2) is 37.2 Å². The van der Waals surface area contributed by atoms with Crippen LogP contribution in [0.15, 0.2) is 85.1 Å².